The number of para-hydroxylation sites is 2. The molecular weight excluding hydrogens is 436 g/mol. The van der Waals surface area contributed by atoms with Crippen LogP contribution in [0.15, 0.2) is 78.9 Å². The number of fused-ring (bicyclic) bond motifs is 2. The number of hydrogen-bond donors (Lipinski definition) is 0. The number of carbonyl (C=O) groups is 2. The number of nitrogens with zero attached hydrogens (tertiary/aromatic N) is 2. The summed E-state index contributed by atoms with van der Waals surface area (Å²) in [4.78, 5) is 27.3. The Morgan fingerprint density at radius 1 is 0.871 bits per heavy atom. The van der Waals surface area contributed by atoms with Gasteiger partial charge in [-0.1, -0.05) is 66.2 Å². The van der Waals surface area contributed by atoms with Gasteiger partial charge in [0.1, 0.15) is 5.75 Å². The predicted octanol–water partition coefficient (Wildman–Crippen LogP) is 3.50. The number of amides is 2. The summed E-state index contributed by atoms with van der Waals surface area (Å²) in [5.74, 6) is -2.04. The van der Waals surface area contributed by atoms with E-state index in [9.17, 15) is 18.0 Å². The van der Waals surface area contributed by atoms with Crippen molar-refractivity contribution >= 4 is 44.6 Å². The van der Waals surface area contributed by atoms with Gasteiger partial charge in [0.25, 0.3) is 10.8 Å². The quantitative estimate of drug-likeness (QED) is 0.609. The molecule has 0 saturated carbocycles. The van der Waals surface area contributed by atoms with E-state index in [1.807, 2.05) is 0 Å². The zero-order valence-corrected chi connectivity index (χ0v) is 17.8. The molecule has 5 rings (SSSR count). The molecule has 1 fully saturated rings. The lowest BCUT2D eigenvalue weighted by Crippen LogP contribution is -2.54. The number of hydrogen-bond acceptors (Lipinski definition) is 4. The van der Waals surface area contributed by atoms with E-state index in [1.54, 1.807) is 78.9 Å². The van der Waals surface area contributed by atoms with Gasteiger partial charge < -0.3 is 4.90 Å². The summed E-state index contributed by atoms with van der Waals surface area (Å²) in [5, 5.41) is 0.471. The van der Waals surface area contributed by atoms with Crippen molar-refractivity contribution in [1.29, 1.82) is 0 Å². The van der Waals surface area contributed by atoms with Crippen LogP contribution in [0.1, 0.15) is 11.1 Å². The van der Waals surface area contributed by atoms with Gasteiger partial charge in [0.2, 0.25) is 5.91 Å². The van der Waals surface area contributed by atoms with Gasteiger partial charge in [-0.05, 0) is 29.8 Å². The minimum Gasteiger partial charge on any atom is -0.304 e. The number of anilines is 2. The van der Waals surface area contributed by atoms with E-state index in [4.69, 9.17) is 11.6 Å². The van der Waals surface area contributed by atoms with Gasteiger partial charge in [0, 0.05) is 16.3 Å². The first-order chi connectivity index (χ1) is 14.9. The molecular formula is C23H17ClN2O4S. The average molecular weight is 453 g/mol. The van der Waals surface area contributed by atoms with Crippen LogP contribution >= 0.6 is 11.6 Å². The van der Waals surface area contributed by atoms with Crippen LogP contribution in [0.25, 0.3) is 0 Å². The van der Waals surface area contributed by atoms with Crippen LogP contribution in [0.4, 0.5) is 11.4 Å². The molecule has 2 heterocycles. The monoisotopic (exact) mass is 452 g/mol. The molecule has 156 valence electrons. The smallest absolute Gasteiger partial charge is 0.274 e. The summed E-state index contributed by atoms with van der Waals surface area (Å²) in [6.07, 6.45) is 0. The van der Waals surface area contributed by atoms with E-state index >= 15 is 0 Å². The van der Waals surface area contributed by atoms with E-state index in [0.29, 0.717) is 22.0 Å². The zero-order chi connectivity index (χ0) is 21.8. The molecule has 1 atom stereocenters. The molecule has 1 saturated heterocycles. The van der Waals surface area contributed by atoms with Crippen LogP contribution < -0.4 is 9.80 Å². The minimum absolute atomic E-state index is 0.0869. The average Bonchev–Trinajstić information content (AvgIpc) is 3.13. The highest BCUT2D eigenvalue weighted by atomic mass is 35.5. The highest BCUT2D eigenvalue weighted by molar-refractivity contribution is 7.94. The Hall–Kier alpha value is -3.16. The summed E-state index contributed by atoms with van der Waals surface area (Å²) in [6.45, 7) is 0.0869. The van der Waals surface area contributed by atoms with Crippen molar-refractivity contribution in [3.05, 3.63) is 95.0 Å². The SMILES string of the molecule is O=C1CS(=O)(=O)[C@]2(C(=O)N(Cc3ccccc3Cl)c3ccccc32)N1c1ccccc1. The van der Waals surface area contributed by atoms with E-state index in [0.717, 1.165) is 4.90 Å². The van der Waals surface area contributed by atoms with Gasteiger partial charge in [0.05, 0.1) is 12.2 Å². The normalized spacial score (nSPS) is 21.7. The Bertz CT molecular complexity index is 1330. The third-order valence-electron chi connectivity index (χ3n) is 5.72. The second kappa shape index (κ2) is 6.93. The highest BCUT2D eigenvalue weighted by Crippen LogP contribution is 2.52. The van der Waals surface area contributed by atoms with Gasteiger partial charge in [-0.25, -0.2) is 8.42 Å². The van der Waals surface area contributed by atoms with Gasteiger partial charge >= 0.3 is 0 Å². The van der Waals surface area contributed by atoms with E-state index in [-0.39, 0.29) is 12.1 Å². The van der Waals surface area contributed by atoms with Crippen molar-refractivity contribution in [3.8, 4) is 0 Å². The molecule has 2 aliphatic heterocycles. The molecule has 31 heavy (non-hydrogen) atoms. The molecule has 0 radical (unpaired) electrons. The third-order valence-corrected chi connectivity index (χ3v) is 8.20. The highest BCUT2D eigenvalue weighted by Gasteiger charge is 2.69. The van der Waals surface area contributed by atoms with Crippen LogP contribution in [0.2, 0.25) is 5.02 Å². The maximum Gasteiger partial charge on any atom is 0.274 e. The molecule has 3 aromatic rings. The molecule has 0 aliphatic carbocycles. The summed E-state index contributed by atoms with van der Waals surface area (Å²) in [5.41, 5.74) is 1.77. The van der Waals surface area contributed by atoms with Crippen LogP contribution in [0, 0.1) is 0 Å². The second-order valence-electron chi connectivity index (χ2n) is 7.47. The lowest BCUT2D eigenvalue weighted by atomic mass is 10.0. The topological polar surface area (TPSA) is 74.8 Å². The van der Waals surface area contributed by atoms with Crippen molar-refractivity contribution in [2.24, 2.45) is 0 Å². The van der Waals surface area contributed by atoms with Crippen molar-refractivity contribution < 1.29 is 18.0 Å². The van der Waals surface area contributed by atoms with Gasteiger partial charge in [-0.2, -0.15) is 0 Å². The van der Waals surface area contributed by atoms with Crippen LogP contribution in [0.5, 0.6) is 0 Å². The van der Waals surface area contributed by atoms with E-state index < -0.39 is 32.3 Å². The maximum absolute atomic E-state index is 14.0. The summed E-state index contributed by atoms with van der Waals surface area (Å²) in [7, 11) is -4.18. The van der Waals surface area contributed by atoms with Crippen molar-refractivity contribution in [3.63, 3.8) is 0 Å². The van der Waals surface area contributed by atoms with Crippen LogP contribution in [-0.2, 0) is 30.8 Å². The first-order valence-corrected chi connectivity index (χ1v) is 11.7. The third kappa shape index (κ3) is 2.66. The number of carbonyl (C=O) groups excluding carboxylic acids is 2. The van der Waals surface area contributed by atoms with Crippen molar-refractivity contribution in [2.45, 2.75) is 11.4 Å². The Kier molecular flexibility index (Phi) is 4.42. The number of halogens is 1. The standard InChI is InChI=1S/C23H17ClN2O4S/c24-19-12-6-4-8-16(19)14-25-20-13-7-5-11-18(20)23(22(25)28)26(17-9-2-1-3-10-17)21(27)15-31(23,29)30/h1-13H,14-15H2/t23-/m1/s1. The number of benzene rings is 3. The van der Waals surface area contributed by atoms with Gasteiger partial charge in [-0.3, -0.25) is 14.5 Å². The fourth-order valence-corrected chi connectivity index (χ4v) is 6.65. The molecule has 0 unspecified atom stereocenters. The summed E-state index contributed by atoms with van der Waals surface area (Å²) < 4.78 is 27.0. The first kappa shape index (κ1) is 19.8. The van der Waals surface area contributed by atoms with Gasteiger partial charge in [-0.15, -0.1) is 0 Å². The van der Waals surface area contributed by atoms with E-state index in [1.165, 1.54) is 4.90 Å². The number of sulfone groups is 1. The molecule has 2 aliphatic rings. The zero-order valence-electron chi connectivity index (χ0n) is 16.2. The molecule has 3 aromatic carbocycles. The Labute approximate surface area is 184 Å². The fraction of sp³-hybridized carbons (Fsp3) is 0.130. The molecule has 6 nitrogen and oxygen atoms in total. The summed E-state index contributed by atoms with van der Waals surface area (Å²) in [6, 6.07) is 22.2. The van der Waals surface area contributed by atoms with Crippen molar-refractivity contribution in [2.75, 3.05) is 15.6 Å². The maximum atomic E-state index is 14.0. The van der Waals surface area contributed by atoms with Gasteiger partial charge in [0.15, 0.2) is 9.84 Å². The molecule has 0 N–H and O–H groups in total. The first-order valence-electron chi connectivity index (χ1n) is 9.63. The summed E-state index contributed by atoms with van der Waals surface area (Å²) >= 11 is 6.31. The molecule has 0 bridgehead atoms. The minimum atomic E-state index is -4.18. The molecule has 1 spiro atoms. The Morgan fingerprint density at radius 3 is 2.26 bits per heavy atom. The molecule has 2 amide bonds. The molecule has 0 aromatic heterocycles. The van der Waals surface area contributed by atoms with Crippen molar-refractivity contribution in [1.82, 2.24) is 0 Å². The largest absolute Gasteiger partial charge is 0.304 e. The molecule has 8 heteroatoms. The van der Waals surface area contributed by atoms with E-state index in [2.05, 4.69) is 0 Å². The number of rotatable bonds is 3. The lowest BCUT2D eigenvalue weighted by molar-refractivity contribution is -0.123. The Balaban J connectivity index is 1.75. The Morgan fingerprint density at radius 2 is 1.52 bits per heavy atom. The van der Waals surface area contributed by atoms with Crippen LogP contribution in [0.3, 0.4) is 0 Å². The van der Waals surface area contributed by atoms with Crippen LogP contribution in [-0.4, -0.2) is 26.0 Å². The second-order valence-corrected chi connectivity index (χ2v) is 9.98. The lowest BCUT2D eigenvalue weighted by Gasteiger charge is -2.32. The predicted molar refractivity (Wildman–Crippen MR) is 118 cm³/mol. The fourth-order valence-electron chi connectivity index (χ4n) is 4.42.